The summed E-state index contributed by atoms with van der Waals surface area (Å²) in [6, 6.07) is 11.5. The van der Waals surface area contributed by atoms with Crippen molar-refractivity contribution in [1.82, 2.24) is 4.98 Å². The van der Waals surface area contributed by atoms with Gasteiger partial charge in [-0.25, -0.2) is 4.98 Å². The first-order chi connectivity index (χ1) is 15.5. The number of halogens is 1. The van der Waals surface area contributed by atoms with Crippen molar-refractivity contribution in [1.29, 1.82) is 0 Å². The number of carbonyl (C=O) groups excluding carboxylic acids is 1. The summed E-state index contributed by atoms with van der Waals surface area (Å²) in [5.41, 5.74) is 1.89. The number of thiazole rings is 1. The number of ether oxygens (including phenoxy) is 2. The SMILES string of the molecule is CCCC(=O)Oc1cccc(OCCC2CCN(c3nc4ccc(Cl)cc4s3)CC2)c1C. The first kappa shape index (κ1) is 22.9. The molecule has 7 heteroatoms. The van der Waals surface area contributed by atoms with Crippen molar-refractivity contribution in [2.75, 3.05) is 24.6 Å². The van der Waals surface area contributed by atoms with Crippen LogP contribution in [0.3, 0.4) is 0 Å². The molecule has 0 amide bonds. The molecule has 4 rings (SSSR count). The molecule has 1 fully saturated rings. The Morgan fingerprint density at radius 1 is 1.22 bits per heavy atom. The van der Waals surface area contributed by atoms with E-state index in [2.05, 4.69) is 4.90 Å². The predicted octanol–water partition coefficient (Wildman–Crippen LogP) is 6.65. The quantitative estimate of drug-likeness (QED) is 0.271. The van der Waals surface area contributed by atoms with E-state index in [0.29, 0.717) is 24.7 Å². The Kier molecular flexibility index (Phi) is 7.53. The van der Waals surface area contributed by atoms with Crippen LogP contribution in [0.5, 0.6) is 11.5 Å². The molecular weight excluding hydrogens is 444 g/mol. The number of nitrogens with zero attached hydrogens (tertiary/aromatic N) is 2. The highest BCUT2D eigenvalue weighted by molar-refractivity contribution is 7.22. The van der Waals surface area contributed by atoms with E-state index in [4.69, 9.17) is 26.1 Å². The van der Waals surface area contributed by atoms with E-state index in [1.807, 2.05) is 50.2 Å². The van der Waals surface area contributed by atoms with Crippen LogP contribution in [0, 0.1) is 12.8 Å². The summed E-state index contributed by atoms with van der Waals surface area (Å²) in [6.07, 6.45) is 4.48. The number of aromatic nitrogens is 1. The van der Waals surface area contributed by atoms with Crippen LogP contribution < -0.4 is 14.4 Å². The second-order valence-electron chi connectivity index (χ2n) is 8.28. The lowest BCUT2D eigenvalue weighted by Crippen LogP contribution is -2.34. The minimum absolute atomic E-state index is 0.198. The lowest BCUT2D eigenvalue weighted by molar-refractivity contribution is -0.134. The van der Waals surface area contributed by atoms with Crippen LogP contribution in [0.15, 0.2) is 36.4 Å². The highest BCUT2D eigenvalue weighted by Gasteiger charge is 2.22. The molecule has 0 spiro atoms. The largest absolute Gasteiger partial charge is 0.493 e. The van der Waals surface area contributed by atoms with Gasteiger partial charge in [0.2, 0.25) is 0 Å². The maximum absolute atomic E-state index is 11.8. The highest BCUT2D eigenvalue weighted by Crippen LogP contribution is 2.34. The lowest BCUT2D eigenvalue weighted by Gasteiger charge is -2.31. The molecule has 3 aromatic rings. The van der Waals surface area contributed by atoms with Crippen LogP contribution in [0.25, 0.3) is 10.2 Å². The number of esters is 1. The average molecular weight is 473 g/mol. The average Bonchev–Trinajstić information content (AvgIpc) is 3.20. The van der Waals surface area contributed by atoms with E-state index in [1.54, 1.807) is 11.3 Å². The maximum Gasteiger partial charge on any atom is 0.311 e. The summed E-state index contributed by atoms with van der Waals surface area (Å²) in [5, 5.41) is 1.84. The minimum Gasteiger partial charge on any atom is -0.493 e. The van der Waals surface area contributed by atoms with E-state index in [1.165, 1.54) is 0 Å². The summed E-state index contributed by atoms with van der Waals surface area (Å²) in [7, 11) is 0. The van der Waals surface area contributed by atoms with E-state index in [-0.39, 0.29) is 5.97 Å². The van der Waals surface area contributed by atoms with Crippen molar-refractivity contribution >= 4 is 44.3 Å². The van der Waals surface area contributed by atoms with Crippen LogP contribution in [-0.2, 0) is 4.79 Å². The zero-order valence-electron chi connectivity index (χ0n) is 18.6. The van der Waals surface area contributed by atoms with Crippen LogP contribution in [0.4, 0.5) is 5.13 Å². The molecule has 0 saturated carbocycles. The maximum atomic E-state index is 11.8. The summed E-state index contributed by atoms with van der Waals surface area (Å²) >= 11 is 7.82. The van der Waals surface area contributed by atoms with Gasteiger partial charge in [0.25, 0.3) is 0 Å². The Morgan fingerprint density at radius 3 is 2.78 bits per heavy atom. The van der Waals surface area contributed by atoms with Gasteiger partial charge in [-0.15, -0.1) is 0 Å². The third-order valence-electron chi connectivity index (χ3n) is 5.92. The van der Waals surface area contributed by atoms with Crippen molar-refractivity contribution in [3.8, 4) is 11.5 Å². The topological polar surface area (TPSA) is 51.7 Å². The molecule has 5 nitrogen and oxygen atoms in total. The molecule has 0 radical (unpaired) electrons. The smallest absolute Gasteiger partial charge is 0.311 e. The lowest BCUT2D eigenvalue weighted by atomic mass is 9.94. The molecule has 0 N–H and O–H groups in total. The number of rotatable bonds is 8. The molecule has 2 heterocycles. The molecule has 170 valence electrons. The summed E-state index contributed by atoms with van der Waals surface area (Å²) in [5.74, 6) is 1.82. The Labute approximate surface area is 198 Å². The third kappa shape index (κ3) is 5.54. The molecule has 1 aromatic heterocycles. The van der Waals surface area contributed by atoms with Crippen molar-refractivity contribution in [2.45, 2.75) is 46.0 Å². The first-order valence-corrected chi connectivity index (χ1v) is 12.5. The number of benzene rings is 2. The van der Waals surface area contributed by atoms with Crippen molar-refractivity contribution < 1.29 is 14.3 Å². The van der Waals surface area contributed by atoms with E-state index in [9.17, 15) is 4.79 Å². The molecule has 0 bridgehead atoms. The highest BCUT2D eigenvalue weighted by atomic mass is 35.5. The standard InChI is InChI=1S/C25H29ClN2O3S/c1-3-5-24(29)31-22-7-4-6-21(17(22)2)30-15-12-18-10-13-28(14-11-18)25-27-20-9-8-19(26)16-23(20)32-25/h4,6-9,16,18H,3,5,10-15H2,1-2H3. The van der Waals surface area contributed by atoms with Gasteiger partial charge in [-0.1, -0.05) is 35.9 Å². The third-order valence-corrected chi connectivity index (χ3v) is 7.23. The summed E-state index contributed by atoms with van der Waals surface area (Å²) in [4.78, 5) is 19.0. The van der Waals surface area contributed by atoms with E-state index in [0.717, 1.165) is 70.5 Å². The fourth-order valence-corrected chi connectivity index (χ4v) is 5.30. The molecule has 32 heavy (non-hydrogen) atoms. The van der Waals surface area contributed by atoms with E-state index >= 15 is 0 Å². The van der Waals surface area contributed by atoms with Gasteiger partial charge in [0.05, 0.1) is 16.8 Å². The van der Waals surface area contributed by atoms with Gasteiger partial charge in [-0.3, -0.25) is 4.79 Å². The predicted molar refractivity (Wildman–Crippen MR) is 131 cm³/mol. The molecule has 1 aliphatic rings. The zero-order chi connectivity index (χ0) is 22.5. The molecule has 1 saturated heterocycles. The van der Waals surface area contributed by atoms with Crippen molar-refractivity contribution in [3.63, 3.8) is 0 Å². The van der Waals surface area contributed by atoms with Gasteiger partial charge in [-0.05, 0) is 68.9 Å². The Hall–Kier alpha value is -2.31. The Bertz CT molecular complexity index is 1080. The number of piperidine rings is 1. The number of hydrogen-bond acceptors (Lipinski definition) is 6. The van der Waals surface area contributed by atoms with Crippen LogP contribution in [0.2, 0.25) is 5.02 Å². The zero-order valence-corrected chi connectivity index (χ0v) is 20.2. The Balaban J connectivity index is 1.26. The number of anilines is 1. The number of fused-ring (bicyclic) bond motifs is 1. The molecule has 0 atom stereocenters. The molecule has 0 unspecified atom stereocenters. The fourth-order valence-electron chi connectivity index (χ4n) is 4.01. The summed E-state index contributed by atoms with van der Waals surface area (Å²) < 4.78 is 12.7. The van der Waals surface area contributed by atoms with E-state index < -0.39 is 0 Å². The number of hydrogen-bond donors (Lipinski definition) is 0. The molecule has 0 aliphatic carbocycles. The van der Waals surface area contributed by atoms with Crippen molar-refractivity contribution in [3.05, 3.63) is 47.0 Å². The minimum atomic E-state index is -0.198. The normalized spacial score (nSPS) is 14.7. The molecule has 1 aliphatic heterocycles. The summed E-state index contributed by atoms with van der Waals surface area (Å²) in [6.45, 7) is 6.60. The van der Waals surface area contributed by atoms with Crippen LogP contribution in [-0.4, -0.2) is 30.6 Å². The van der Waals surface area contributed by atoms with Crippen LogP contribution in [0.1, 0.15) is 44.6 Å². The van der Waals surface area contributed by atoms with Gasteiger partial charge in [-0.2, -0.15) is 0 Å². The van der Waals surface area contributed by atoms with Gasteiger partial charge in [0, 0.05) is 30.1 Å². The Morgan fingerprint density at radius 2 is 2.00 bits per heavy atom. The number of carbonyl (C=O) groups is 1. The second kappa shape index (κ2) is 10.5. The molecular formula is C25H29ClN2O3S. The van der Waals surface area contributed by atoms with Crippen LogP contribution >= 0.6 is 22.9 Å². The second-order valence-corrected chi connectivity index (χ2v) is 9.72. The van der Waals surface area contributed by atoms with Crippen molar-refractivity contribution in [2.24, 2.45) is 5.92 Å². The molecule has 2 aromatic carbocycles. The van der Waals surface area contributed by atoms with Gasteiger partial charge in [0.1, 0.15) is 11.5 Å². The van der Waals surface area contributed by atoms with Gasteiger partial charge < -0.3 is 14.4 Å². The monoisotopic (exact) mass is 472 g/mol. The van der Waals surface area contributed by atoms with Gasteiger partial charge >= 0.3 is 5.97 Å². The first-order valence-electron chi connectivity index (χ1n) is 11.3. The van der Waals surface area contributed by atoms with Gasteiger partial charge in [0.15, 0.2) is 5.13 Å². The fraction of sp³-hybridized carbons (Fsp3) is 0.440.